The van der Waals surface area contributed by atoms with Gasteiger partial charge in [-0.25, -0.2) is 4.98 Å². The van der Waals surface area contributed by atoms with Crippen LogP contribution in [0.15, 0.2) is 34.8 Å². The standard InChI is InChI=1S/C16H17BrN2/c1-3-5-9-15(18-4-2)16-13(17)11-12-8-6-7-10-14(12)19-16/h6-8,10-11,15,18H,4,9H2,1-2H3. The smallest absolute Gasteiger partial charge is 0.0732 e. The largest absolute Gasteiger partial charge is 0.308 e. The zero-order valence-electron chi connectivity index (χ0n) is 11.2. The van der Waals surface area contributed by atoms with Crippen molar-refractivity contribution in [1.82, 2.24) is 10.3 Å². The number of fused-ring (bicyclic) bond motifs is 1. The van der Waals surface area contributed by atoms with E-state index in [4.69, 9.17) is 4.98 Å². The van der Waals surface area contributed by atoms with Crippen LogP contribution in [0.25, 0.3) is 10.9 Å². The molecule has 1 heterocycles. The molecule has 98 valence electrons. The molecule has 2 rings (SSSR count). The molecule has 0 bridgehead atoms. The Balaban J connectivity index is 2.44. The van der Waals surface area contributed by atoms with Crippen molar-refractivity contribution in [1.29, 1.82) is 0 Å². The molecule has 3 heteroatoms. The summed E-state index contributed by atoms with van der Waals surface area (Å²) in [4.78, 5) is 4.77. The number of rotatable bonds is 4. The van der Waals surface area contributed by atoms with E-state index in [9.17, 15) is 0 Å². The quantitative estimate of drug-likeness (QED) is 0.860. The zero-order chi connectivity index (χ0) is 13.7. The highest BCUT2D eigenvalue weighted by Gasteiger charge is 2.15. The van der Waals surface area contributed by atoms with E-state index in [0.29, 0.717) is 0 Å². The number of hydrogen-bond donors (Lipinski definition) is 1. The maximum atomic E-state index is 4.77. The number of para-hydroxylation sites is 1. The van der Waals surface area contributed by atoms with E-state index < -0.39 is 0 Å². The Kier molecular flexibility index (Phi) is 4.95. The van der Waals surface area contributed by atoms with Gasteiger partial charge in [-0.2, -0.15) is 0 Å². The second-order valence-corrected chi connectivity index (χ2v) is 5.14. The molecule has 1 aromatic carbocycles. The second kappa shape index (κ2) is 6.70. The summed E-state index contributed by atoms with van der Waals surface area (Å²) in [7, 11) is 0. The van der Waals surface area contributed by atoms with Crippen LogP contribution in [-0.2, 0) is 0 Å². The van der Waals surface area contributed by atoms with Crippen molar-refractivity contribution in [3.63, 3.8) is 0 Å². The number of halogens is 1. The monoisotopic (exact) mass is 316 g/mol. The molecule has 1 unspecified atom stereocenters. The Morgan fingerprint density at radius 1 is 1.37 bits per heavy atom. The molecule has 1 aromatic heterocycles. The number of nitrogens with one attached hydrogen (secondary N) is 1. The first-order valence-corrected chi connectivity index (χ1v) is 7.23. The summed E-state index contributed by atoms with van der Waals surface area (Å²) in [6.45, 7) is 4.87. The van der Waals surface area contributed by atoms with Crippen LogP contribution in [0.4, 0.5) is 0 Å². The summed E-state index contributed by atoms with van der Waals surface area (Å²) < 4.78 is 1.04. The van der Waals surface area contributed by atoms with Crippen molar-refractivity contribution in [3.8, 4) is 11.8 Å². The second-order valence-electron chi connectivity index (χ2n) is 4.29. The molecule has 0 amide bonds. The van der Waals surface area contributed by atoms with Crippen molar-refractivity contribution in [2.24, 2.45) is 0 Å². The van der Waals surface area contributed by atoms with Gasteiger partial charge in [0.2, 0.25) is 0 Å². The van der Waals surface area contributed by atoms with Gasteiger partial charge in [0.05, 0.1) is 17.3 Å². The SMILES string of the molecule is CC#CCC(NCC)c1nc2ccccc2cc1Br. The van der Waals surface area contributed by atoms with Gasteiger partial charge in [-0.1, -0.05) is 25.1 Å². The van der Waals surface area contributed by atoms with E-state index in [1.54, 1.807) is 0 Å². The van der Waals surface area contributed by atoms with E-state index in [1.165, 1.54) is 0 Å². The Bertz CT molecular complexity index is 625. The molecule has 19 heavy (non-hydrogen) atoms. The number of benzene rings is 1. The molecular formula is C16H17BrN2. The van der Waals surface area contributed by atoms with E-state index in [0.717, 1.165) is 34.0 Å². The fraction of sp³-hybridized carbons (Fsp3) is 0.312. The van der Waals surface area contributed by atoms with Gasteiger partial charge in [0, 0.05) is 16.3 Å². The summed E-state index contributed by atoms with van der Waals surface area (Å²) >= 11 is 3.63. The minimum atomic E-state index is 0.163. The van der Waals surface area contributed by atoms with Crippen LogP contribution in [0, 0.1) is 11.8 Å². The van der Waals surface area contributed by atoms with Gasteiger partial charge in [0.15, 0.2) is 0 Å². The van der Waals surface area contributed by atoms with Crippen molar-refractivity contribution in [2.45, 2.75) is 26.3 Å². The lowest BCUT2D eigenvalue weighted by molar-refractivity contribution is 0.551. The van der Waals surface area contributed by atoms with Crippen LogP contribution in [0.3, 0.4) is 0 Å². The van der Waals surface area contributed by atoms with Crippen molar-refractivity contribution < 1.29 is 0 Å². The molecule has 2 aromatic rings. The maximum Gasteiger partial charge on any atom is 0.0732 e. The first-order chi connectivity index (χ1) is 9.26. The van der Waals surface area contributed by atoms with Crippen LogP contribution < -0.4 is 5.32 Å². The summed E-state index contributed by atoms with van der Waals surface area (Å²) in [5.41, 5.74) is 2.05. The van der Waals surface area contributed by atoms with Gasteiger partial charge in [-0.05, 0) is 41.5 Å². The summed E-state index contributed by atoms with van der Waals surface area (Å²) in [5, 5.41) is 4.59. The molecule has 0 saturated carbocycles. The highest BCUT2D eigenvalue weighted by Crippen LogP contribution is 2.27. The fourth-order valence-electron chi connectivity index (χ4n) is 2.07. The molecule has 1 atom stereocenters. The van der Waals surface area contributed by atoms with Crippen LogP contribution in [0.1, 0.15) is 32.0 Å². The van der Waals surface area contributed by atoms with E-state index in [1.807, 2.05) is 25.1 Å². The number of nitrogens with zero attached hydrogens (tertiary/aromatic N) is 1. The predicted molar refractivity (Wildman–Crippen MR) is 83.9 cm³/mol. The molecule has 0 saturated heterocycles. The molecule has 0 aliphatic heterocycles. The molecule has 0 spiro atoms. The Labute approximate surface area is 122 Å². The lowest BCUT2D eigenvalue weighted by atomic mass is 10.1. The highest BCUT2D eigenvalue weighted by molar-refractivity contribution is 9.10. The molecule has 0 radical (unpaired) electrons. The molecule has 0 aliphatic rings. The van der Waals surface area contributed by atoms with Crippen LogP contribution in [0.5, 0.6) is 0 Å². The van der Waals surface area contributed by atoms with Gasteiger partial charge >= 0.3 is 0 Å². The van der Waals surface area contributed by atoms with Gasteiger partial charge < -0.3 is 5.32 Å². The number of hydrogen-bond acceptors (Lipinski definition) is 2. The topological polar surface area (TPSA) is 24.9 Å². The maximum absolute atomic E-state index is 4.77. The summed E-state index contributed by atoms with van der Waals surface area (Å²) in [5.74, 6) is 6.08. The van der Waals surface area contributed by atoms with Gasteiger partial charge in [-0.3, -0.25) is 0 Å². The molecular weight excluding hydrogens is 300 g/mol. The van der Waals surface area contributed by atoms with Gasteiger partial charge in [0.1, 0.15) is 0 Å². The summed E-state index contributed by atoms with van der Waals surface area (Å²) in [6.07, 6.45) is 0.772. The first kappa shape index (κ1) is 14.0. The fourth-order valence-corrected chi connectivity index (χ4v) is 2.68. The van der Waals surface area contributed by atoms with Gasteiger partial charge in [-0.15, -0.1) is 11.8 Å². The molecule has 0 aliphatic carbocycles. The van der Waals surface area contributed by atoms with Gasteiger partial charge in [0.25, 0.3) is 0 Å². The molecule has 2 nitrogen and oxygen atoms in total. The normalized spacial score (nSPS) is 11.9. The van der Waals surface area contributed by atoms with Crippen molar-refractivity contribution in [3.05, 3.63) is 40.5 Å². The van der Waals surface area contributed by atoms with E-state index >= 15 is 0 Å². The average Bonchev–Trinajstić information content (AvgIpc) is 2.43. The average molecular weight is 317 g/mol. The summed E-state index contributed by atoms with van der Waals surface area (Å²) in [6, 6.07) is 10.4. The lowest BCUT2D eigenvalue weighted by Crippen LogP contribution is -2.22. The third kappa shape index (κ3) is 3.34. The molecule has 0 fully saturated rings. The number of pyridine rings is 1. The van der Waals surface area contributed by atoms with Crippen LogP contribution in [-0.4, -0.2) is 11.5 Å². The Morgan fingerprint density at radius 3 is 2.89 bits per heavy atom. The molecule has 1 N–H and O–H groups in total. The third-order valence-corrected chi connectivity index (χ3v) is 3.60. The van der Waals surface area contributed by atoms with Crippen LogP contribution in [0.2, 0.25) is 0 Å². The number of aromatic nitrogens is 1. The predicted octanol–water partition coefficient (Wildman–Crippen LogP) is 4.06. The minimum absolute atomic E-state index is 0.163. The van der Waals surface area contributed by atoms with Crippen molar-refractivity contribution >= 4 is 26.8 Å². The van der Waals surface area contributed by atoms with Crippen molar-refractivity contribution in [2.75, 3.05) is 6.54 Å². The Hall–Kier alpha value is -1.37. The highest BCUT2D eigenvalue weighted by atomic mass is 79.9. The lowest BCUT2D eigenvalue weighted by Gasteiger charge is -2.17. The first-order valence-electron chi connectivity index (χ1n) is 6.44. The van der Waals surface area contributed by atoms with E-state index in [2.05, 4.69) is 52.1 Å². The Morgan fingerprint density at radius 2 is 2.16 bits per heavy atom. The minimum Gasteiger partial charge on any atom is -0.308 e. The third-order valence-electron chi connectivity index (χ3n) is 2.97. The van der Waals surface area contributed by atoms with Crippen LogP contribution >= 0.6 is 15.9 Å². The zero-order valence-corrected chi connectivity index (χ0v) is 12.8. The van der Waals surface area contributed by atoms with E-state index in [-0.39, 0.29) is 6.04 Å².